The maximum Gasteiger partial charge on any atom is 0.417 e. The first kappa shape index (κ1) is 32.9. The third-order valence-electron chi connectivity index (χ3n) is 7.43. The smallest absolute Gasteiger partial charge is 0.391 e. The molecule has 3 aromatic carbocycles. The molecule has 0 saturated carbocycles. The van der Waals surface area contributed by atoms with Gasteiger partial charge in [0.15, 0.2) is 0 Å². The van der Waals surface area contributed by atoms with Crippen LogP contribution in [0.2, 0.25) is 0 Å². The van der Waals surface area contributed by atoms with E-state index in [1.807, 2.05) is 0 Å². The number of carbonyl (C=O) groups is 1. The van der Waals surface area contributed by atoms with Gasteiger partial charge in [-0.2, -0.15) is 13.2 Å². The minimum atomic E-state index is -4.52. The molecular formula is C33H41F3N2O2S. The maximum atomic E-state index is 14.0. The standard InChI is InChI=1S/C32H36F3NO2.CH5NS/c1-31(2,20-24-16-26-7-3-4-8-27(26)17-24)36-21-28(38)18-23-11-14-29(30(19-23)32(33,34)35)25-12-9-22(10-13-25)6-5-15-37;1-2-3/h3-4,7-15,19,24,28,36,38H,5-6,16-18,20-21H2,1-2H3;2-3H,1H3. The van der Waals surface area contributed by atoms with Crippen LogP contribution in [0.5, 0.6) is 0 Å². The molecule has 0 bridgehead atoms. The summed E-state index contributed by atoms with van der Waals surface area (Å²) in [5, 5.41) is 14.1. The van der Waals surface area contributed by atoms with Crippen molar-refractivity contribution in [2.24, 2.45) is 5.92 Å². The Balaban J connectivity index is 0.00000147. The molecule has 0 heterocycles. The molecule has 41 heavy (non-hydrogen) atoms. The zero-order chi connectivity index (χ0) is 30.0. The van der Waals surface area contributed by atoms with Crippen molar-refractivity contribution in [1.82, 2.24) is 10.0 Å². The van der Waals surface area contributed by atoms with Gasteiger partial charge in [0, 0.05) is 18.5 Å². The summed E-state index contributed by atoms with van der Waals surface area (Å²) >= 11 is 3.54. The molecule has 4 nitrogen and oxygen atoms in total. The minimum Gasteiger partial charge on any atom is -0.391 e. The Morgan fingerprint density at radius 1 is 1.00 bits per heavy atom. The summed E-state index contributed by atoms with van der Waals surface area (Å²) in [7, 11) is 1.74. The predicted molar refractivity (Wildman–Crippen MR) is 163 cm³/mol. The quantitative estimate of drug-likeness (QED) is 0.151. The van der Waals surface area contributed by atoms with Crippen LogP contribution in [0.4, 0.5) is 13.2 Å². The molecule has 0 aliphatic heterocycles. The van der Waals surface area contributed by atoms with Gasteiger partial charge in [-0.3, -0.25) is 4.72 Å². The lowest BCUT2D eigenvalue weighted by atomic mass is 9.88. The Hall–Kier alpha value is -2.65. The lowest BCUT2D eigenvalue weighted by Gasteiger charge is -2.30. The number of aldehydes is 1. The number of hydrogen-bond acceptors (Lipinski definition) is 5. The zero-order valence-electron chi connectivity index (χ0n) is 24.0. The van der Waals surface area contributed by atoms with Gasteiger partial charge < -0.3 is 15.2 Å². The number of hydrogen-bond donors (Lipinski definition) is 4. The number of nitrogens with one attached hydrogen (secondary N) is 2. The van der Waals surface area contributed by atoms with E-state index in [1.54, 1.807) is 37.4 Å². The van der Waals surface area contributed by atoms with Crippen molar-refractivity contribution in [1.29, 1.82) is 0 Å². The first-order valence-corrected chi connectivity index (χ1v) is 14.4. The van der Waals surface area contributed by atoms with E-state index in [2.05, 4.69) is 61.0 Å². The molecule has 4 rings (SSSR count). The third-order valence-corrected chi connectivity index (χ3v) is 7.43. The molecule has 3 N–H and O–H groups in total. The Kier molecular flexibility index (Phi) is 12.0. The van der Waals surface area contributed by atoms with Crippen molar-refractivity contribution >= 4 is 19.1 Å². The number of β-amino-alcohol motifs (C(OH)–C–C–N with tert-alkyl or cyclic N) is 1. The Bertz CT molecular complexity index is 1240. The normalized spacial score (nSPS) is 14.2. The number of aliphatic hydroxyl groups excluding tert-OH is 1. The van der Waals surface area contributed by atoms with Gasteiger partial charge in [-0.05, 0) is 98.4 Å². The van der Waals surface area contributed by atoms with Crippen LogP contribution in [0.1, 0.15) is 54.5 Å². The Morgan fingerprint density at radius 2 is 1.59 bits per heavy atom. The van der Waals surface area contributed by atoms with Crippen LogP contribution in [0.15, 0.2) is 66.7 Å². The van der Waals surface area contributed by atoms with Crippen molar-refractivity contribution in [3.63, 3.8) is 0 Å². The van der Waals surface area contributed by atoms with Crippen molar-refractivity contribution < 1.29 is 23.1 Å². The second kappa shape index (κ2) is 15.0. The minimum absolute atomic E-state index is 0.106. The molecule has 0 fully saturated rings. The van der Waals surface area contributed by atoms with Gasteiger partial charge >= 0.3 is 6.18 Å². The van der Waals surface area contributed by atoms with Gasteiger partial charge in [-0.15, -0.1) is 0 Å². The van der Waals surface area contributed by atoms with Crippen molar-refractivity contribution in [3.8, 4) is 11.1 Å². The van der Waals surface area contributed by atoms with E-state index in [-0.39, 0.29) is 17.5 Å². The summed E-state index contributed by atoms with van der Waals surface area (Å²) in [5.41, 5.74) is 3.83. The number of fused-ring (bicyclic) bond motifs is 1. The van der Waals surface area contributed by atoms with Crippen molar-refractivity contribution in [2.75, 3.05) is 13.6 Å². The number of aliphatic hydroxyl groups is 1. The van der Waals surface area contributed by atoms with Gasteiger partial charge in [0.1, 0.15) is 6.29 Å². The second-order valence-electron chi connectivity index (χ2n) is 11.4. The molecule has 1 aliphatic carbocycles. The van der Waals surface area contributed by atoms with Crippen LogP contribution < -0.4 is 10.0 Å². The average molecular weight is 587 g/mol. The average Bonchev–Trinajstić information content (AvgIpc) is 3.33. The van der Waals surface area contributed by atoms with Gasteiger partial charge in [-0.1, -0.05) is 73.5 Å². The van der Waals surface area contributed by atoms with E-state index in [9.17, 15) is 23.1 Å². The van der Waals surface area contributed by atoms with E-state index in [1.165, 1.54) is 17.2 Å². The lowest BCUT2D eigenvalue weighted by Crippen LogP contribution is -2.45. The third kappa shape index (κ3) is 9.99. The molecular weight excluding hydrogens is 545 g/mol. The fourth-order valence-electron chi connectivity index (χ4n) is 5.61. The largest absolute Gasteiger partial charge is 0.417 e. The number of halogens is 3. The van der Waals surface area contributed by atoms with E-state index in [0.717, 1.165) is 37.2 Å². The molecule has 8 heteroatoms. The van der Waals surface area contributed by atoms with Crippen LogP contribution in [0, 0.1) is 5.92 Å². The summed E-state index contributed by atoms with van der Waals surface area (Å²) in [5.74, 6) is 0.535. The molecule has 3 aromatic rings. The highest BCUT2D eigenvalue weighted by molar-refractivity contribution is 7.78. The number of aryl methyl sites for hydroxylation is 1. The van der Waals surface area contributed by atoms with E-state index in [0.29, 0.717) is 36.4 Å². The Morgan fingerprint density at radius 3 is 2.15 bits per heavy atom. The van der Waals surface area contributed by atoms with Crippen LogP contribution >= 0.6 is 12.8 Å². The molecule has 1 unspecified atom stereocenters. The number of thiol groups is 1. The summed E-state index contributed by atoms with van der Waals surface area (Å²) in [4.78, 5) is 10.6. The summed E-state index contributed by atoms with van der Waals surface area (Å²) in [6.45, 7) is 4.53. The van der Waals surface area contributed by atoms with E-state index < -0.39 is 17.8 Å². The SMILES string of the molecule is CC(C)(CC1Cc2ccccc2C1)NCC(O)Cc1ccc(-c2ccc(CCC=O)cc2)c(C(F)(F)F)c1.CNS. The van der Waals surface area contributed by atoms with Crippen LogP contribution in [-0.2, 0) is 36.7 Å². The number of rotatable bonds is 11. The zero-order valence-corrected chi connectivity index (χ0v) is 24.9. The van der Waals surface area contributed by atoms with Crippen molar-refractivity contribution in [3.05, 3.63) is 94.5 Å². The Labute approximate surface area is 247 Å². The molecule has 0 aromatic heterocycles. The lowest BCUT2D eigenvalue weighted by molar-refractivity contribution is -0.137. The summed E-state index contributed by atoms with van der Waals surface area (Å²) < 4.78 is 44.4. The highest BCUT2D eigenvalue weighted by Gasteiger charge is 2.34. The first-order chi connectivity index (χ1) is 19.5. The molecule has 0 saturated heterocycles. The maximum absolute atomic E-state index is 14.0. The van der Waals surface area contributed by atoms with E-state index in [4.69, 9.17) is 0 Å². The van der Waals surface area contributed by atoms with Crippen LogP contribution in [-0.4, -0.2) is 36.6 Å². The fraction of sp³-hybridized carbons (Fsp3) is 0.424. The molecule has 1 atom stereocenters. The highest BCUT2D eigenvalue weighted by atomic mass is 32.1. The summed E-state index contributed by atoms with van der Waals surface area (Å²) in [6, 6.07) is 19.7. The topological polar surface area (TPSA) is 61.4 Å². The van der Waals surface area contributed by atoms with Crippen LogP contribution in [0.25, 0.3) is 11.1 Å². The van der Waals surface area contributed by atoms with Crippen LogP contribution in [0.3, 0.4) is 0 Å². The number of benzene rings is 3. The summed E-state index contributed by atoms with van der Waals surface area (Å²) in [6.07, 6.45) is -0.368. The van der Waals surface area contributed by atoms with Gasteiger partial charge in [0.25, 0.3) is 0 Å². The van der Waals surface area contributed by atoms with Gasteiger partial charge in [0.2, 0.25) is 0 Å². The van der Waals surface area contributed by atoms with E-state index >= 15 is 0 Å². The molecule has 0 spiro atoms. The second-order valence-corrected chi connectivity index (χ2v) is 11.8. The predicted octanol–water partition coefficient (Wildman–Crippen LogP) is 6.63. The molecule has 222 valence electrons. The monoisotopic (exact) mass is 586 g/mol. The molecule has 1 aliphatic rings. The highest BCUT2D eigenvalue weighted by Crippen LogP contribution is 2.38. The van der Waals surface area contributed by atoms with Crippen molar-refractivity contribution in [2.45, 2.75) is 70.2 Å². The first-order valence-electron chi connectivity index (χ1n) is 14.0. The molecule has 0 amide bonds. The number of alkyl halides is 3. The van der Waals surface area contributed by atoms with Gasteiger partial charge in [0.05, 0.1) is 11.7 Å². The molecule has 0 radical (unpaired) electrons. The number of carbonyl (C=O) groups excluding carboxylic acids is 1. The fourth-order valence-corrected chi connectivity index (χ4v) is 5.61. The van der Waals surface area contributed by atoms with Gasteiger partial charge in [-0.25, -0.2) is 0 Å².